The first-order valence-electron chi connectivity index (χ1n) is 10.6. The zero-order valence-electron chi connectivity index (χ0n) is 17.8. The van der Waals surface area contributed by atoms with E-state index >= 15 is 0 Å². The summed E-state index contributed by atoms with van der Waals surface area (Å²) in [4.78, 5) is 15.7. The molecule has 1 aliphatic carbocycles. The van der Waals surface area contributed by atoms with Crippen LogP contribution in [-0.2, 0) is 18.3 Å². The third kappa shape index (κ3) is 3.74. The molecular weight excluding hydrogens is 446 g/mol. The topological polar surface area (TPSA) is 74.6 Å². The molecule has 3 unspecified atom stereocenters. The number of amides is 1. The fourth-order valence-corrected chi connectivity index (χ4v) is 5.43. The standard InChI is InChI=1S/C24H24ClN3O3S/c1-14-21(24(29)28-12-17-11-18(17)13-28)23(16-5-9-20(10-6-16)26-32(30)31)27(2)22(14)15-3-7-19(25)8-4-15/h3-10,17-18,26H,11-13H2,1-2H3,(H,30,31). The van der Waals surface area contributed by atoms with Gasteiger partial charge in [0.2, 0.25) is 0 Å². The van der Waals surface area contributed by atoms with Crippen molar-refractivity contribution >= 4 is 34.5 Å². The smallest absolute Gasteiger partial charge is 0.259 e. The Kier molecular flexibility index (Phi) is 5.35. The van der Waals surface area contributed by atoms with Gasteiger partial charge in [-0.25, -0.2) is 4.21 Å². The maximum absolute atomic E-state index is 13.7. The number of carbonyl (C=O) groups excluding carboxylic acids is 1. The van der Waals surface area contributed by atoms with E-state index in [4.69, 9.17) is 16.2 Å². The van der Waals surface area contributed by atoms with E-state index in [1.165, 1.54) is 6.42 Å². The maximum atomic E-state index is 13.7. The van der Waals surface area contributed by atoms with Gasteiger partial charge in [-0.15, -0.1) is 0 Å². The number of carbonyl (C=O) groups is 1. The molecule has 1 aliphatic heterocycles. The van der Waals surface area contributed by atoms with Crippen molar-refractivity contribution in [1.82, 2.24) is 9.47 Å². The molecule has 2 N–H and O–H groups in total. The van der Waals surface area contributed by atoms with Gasteiger partial charge in [0.15, 0.2) is 0 Å². The van der Waals surface area contributed by atoms with E-state index in [1.807, 2.05) is 55.3 Å². The van der Waals surface area contributed by atoms with Gasteiger partial charge in [0.1, 0.15) is 0 Å². The van der Waals surface area contributed by atoms with Crippen molar-refractivity contribution in [3.63, 3.8) is 0 Å². The number of anilines is 1. The van der Waals surface area contributed by atoms with Gasteiger partial charge in [0.05, 0.1) is 17.0 Å². The van der Waals surface area contributed by atoms with Crippen LogP contribution in [0.4, 0.5) is 5.69 Å². The molecule has 32 heavy (non-hydrogen) atoms. The Labute approximate surface area is 194 Å². The SMILES string of the molecule is Cc1c(C(=O)N2CC3CC3C2)c(-c2ccc(NS(=O)O)cc2)n(C)c1-c1ccc(Cl)cc1. The minimum atomic E-state index is -2.14. The molecule has 3 aromatic rings. The predicted octanol–water partition coefficient (Wildman–Crippen LogP) is 4.96. The fraction of sp³-hybridized carbons (Fsp3) is 0.292. The minimum Gasteiger partial charge on any atom is -0.343 e. The van der Waals surface area contributed by atoms with Crippen molar-refractivity contribution in [2.24, 2.45) is 18.9 Å². The van der Waals surface area contributed by atoms with E-state index in [1.54, 1.807) is 12.1 Å². The first-order chi connectivity index (χ1) is 15.3. The monoisotopic (exact) mass is 469 g/mol. The average Bonchev–Trinajstić information content (AvgIpc) is 3.27. The molecule has 8 heteroatoms. The summed E-state index contributed by atoms with van der Waals surface area (Å²) in [5.74, 6) is 1.39. The number of rotatable bonds is 5. The zero-order valence-corrected chi connectivity index (χ0v) is 19.4. The summed E-state index contributed by atoms with van der Waals surface area (Å²) in [5, 5.41) is 0.665. The van der Waals surface area contributed by atoms with Crippen molar-refractivity contribution in [3.05, 3.63) is 64.7 Å². The number of nitrogens with one attached hydrogen (secondary N) is 1. The maximum Gasteiger partial charge on any atom is 0.259 e. The molecule has 3 atom stereocenters. The highest BCUT2D eigenvalue weighted by Gasteiger charge is 2.47. The molecule has 5 rings (SSSR count). The van der Waals surface area contributed by atoms with E-state index in [2.05, 4.69) is 9.29 Å². The number of halogens is 1. The fourth-order valence-electron chi connectivity index (χ4n) is 4.96. The van der Waals surface area contributed by atoms with Crippen molar-refractivity contribution in [2.75, 3.05) is 17.8 Å². The molecule has 0 radical (unpaired) electrons. The number of piperidine rings is 1. The predicted molar refractivity (Wildman–Crippen MR) is 128 cm³/mol. The third-order valence-electron chi connectivity index (χ3n) is 6.60. The normalized spacial score (nSPS) is 20.2. The number of benzene rings is 2. The van der Waals surface area contributed by atoms with Crippen molar-refractivity contribution < 1.29 is 13.6 Å². The Morgan fingerprint density at radius 3 is 2.19 bits per heavy atom. The molecule has 2 aromatic carbocycles. The molecule has 1 amide bonds. The number of nitrogens with zero attached hydrogens (tertiary/aromatic N) is 2. The number of hydrogen-bond acceptors (Lipinski definition) is 2. The lowest BCUT2D eigenvalue weighted by molar-refractivity contribution is 0.0775. The van der Waals surface area contributed by atoms with Gasteiger partial charge in [-0.3, -0.25) is 14.1 Å². The van der Waals surface area contributed by atoms with Gasteiger partial charge in [0, 0.05) is 30.8 Å². The lowest BCUT2D eigenvalue weighted by Gasteiger charge is -2.19. The highest BCUT2D eigenvalue weighted by atomic mass is 35.5. The second kappa shape index (κ2) is 8.06. The summed E-state index contributed by atoms with van der Waals surface area (Å²) in [6.07, 6.45) is 1.24. The largest absolute Gasteiger partial charge is 0.343 e. The highest BCUT2D eigenvalue weighted by molar-refractivity contribution is 7.80. The van der Waals surface area contributed by atoms with Crippen LogP contribution in [0.2, 0.25) is 5.02 Å². The molecule has 0 bridgehead atoms. The Morgan fingerprint density at radius 1 is 1.03 bits per heavy atom. The van der Waals surface area contributed by atoms with E-state index in [0.717, 1.165) is 41.2 Å². The second-order valence-corrected chi connectivity index (χ2v) is 9.80. The van der Waals surface area contributed by atoms with Crippen LogP contribution in [0.3, 0.4) is 0 Å². The number of aromatic nitrogens is 1. The summed E-state index contributed by atoms with van der Waals surface area (Å²) in [6.45, 7) is 3.67. The molecule has 166 valence electrons. The van der Waals surface area contributed by atoms with Crippen LogP contribution in [0.5, 0.6) is 0 Å². The highest BCUT2D eigenvalue weighted by Crippen LogP contribution is 2.46. The lowest BCUT2D eigenvalue weighted by Crippen LogP contribution is -2.31. The average molecular weight is 470 g/mol. The van der Waals surface area contributed by atoms with Gasteiger partial charge in [-0.1, -0.05) is 35.9 Å². The molecule has 2 aliphatic rings. The van der Waals surface area contributed by atoms with E-state index in [-0.39, 0.29) is 5.91 Å². The number of hydrogen-bond donors (Lipinski definition) is 2. The van der Waals surface area contributed by atoms with E-state index in [0.29, 0.717) is 28.1 Å². The van der Waals surface area contributed by atoms with Gasteiger partial charge in [0.25, 0.3) is 17.2 Å². The van der Waals surface area contributed by atoms with Crippen LogP contribution in [0.1, 0.15) is 22.3 Å². The Bertz CT molecular complexity index is 1210. The van der Waals surface area contributed by atoms with Crippen molar-refractivity contribution in [1.29, 1.82) is 0 Å². The molecule has 2 heterocycles. The van der Waals surface area contributed by atoms with Crippen LogP contribution < -0.4 is 4.72 Å². The van der Waals surface area contributed by atoms with Crippen molar-refractivity contribution in [3.8, 4) is 22.5 Å². The van der Waals surface area contributed by atoms with Gasteiger partial charge < -0.3 is 9.47 Å². The Morgan fingerprint density at radius 2 is 1.59 bits per heavy atom. The first-order valence-corrected chi connectivity index (χ1v) is 12.0. The van der Waals surface area contributed by atoms with Crippen LogP contribution in [0.15, 0.2) is 48.5 Å². The molecular formula is C24H24ClN3O3S. The summed E-state index contributed by atoms with van der Waals surface area (Å²) < 4.78 is 24.7. The van der Waals surface area contributed by atoms with Gasteiger partial charge >= 0.3 is 0 Å². The number of fused-ring (bicyclic) bond motifs is 1. The van der Waals surface area contributed by atoms with Gasteiger partial charge in [-0.2, -0.15) is 0 Å². The summed E-state index contributed by atoms with van der Waals surface area (Å²) in [6, 6.07) is 14.9. The Balaban J connectivity index is 1.63. The minimum absolute atomic E-state index is 0.0687. The van der Waals surface area contributed by atoms with Crippen LogP contribution in [0.25, 0.3) is 22.5 Å². The molecule has 1 saturated heterocycles. The first kappa shape index (κ1) is 21.2. The van der Waals surface area contributed by atoms with Gasteiger partial charge in [-0.05, 0) is 66.1 Å². The Hall–Kier alpha value is -2.61. The van der Waals surface area contributed by atoms with Crippen LogP contribution >= 0.6 is 11.6 Å². The molecule has 0 spiro atoms. The molecule has 6 nitrogen and oxygen atoms in total. The van der Waals surface area contributed by atoms with Crippen LogP contribution in [-0.4, -0.2) is 37.2 Å². The van der Waals surface area contributed by atoms with Crippen molar-refractivity contribution in [2.45, 2.75) is 13.3 Å². The summed E-state index contributed by atoms with van der Waals surface area (Å²) in [7, 11) is 1.97. The van der Waals surface area contributed by atoms with E-state index in [9.17, 15) is 9.00 Å². The summed E-state index contributed by atoms with van der Waals surface area (Å²) >= 11 is 3.97. The number of likely N-dealkylation sites (tertiary alicyclic amines) is 1. The molecule has 2 fully saturated rings. The van der Waals surface area contributed by atoms with E-state index < -0.39 is 11.3 Å². The quantitative estimate of drug-likeness (QED) is 0.518. The molecule has 1 saturated carbocycles. The lowest BCUT2D eigenvalue weighted by atomic mass is 10.0. The van der Waals surface area contributed by atoms with Crippen LogP contribution in [0, 0.1) is 18.8 Å². The second-order valence-electron chi connectivity index (χ2n) is 8.66. The zero-order chi connectivity index (χ0) is 22.6. The summed E-state index contributed by atoms with van der Waals surface area (Å²) in [5.41, 5.74) is 5.87. The third-order valence-corrected chi connectivity index (χ3v) is 7.26. The molecule has 1 aromatic heterocycles.